The molecule has 4 heteroatoms. The van der Waals surface area contributed by atoms with Crippen LogP contribution in [0.25, 0.3) is 0 Å². The maximum Gasteiger partial charge on any atom is 0.154 e. The Morgan fingerprint density at radius 1 is 0.760 bits per heavy atom. The number of rotatable bonds is 2. The molecule has 0 radical (unpaired) electrons. The lowest BCUT2D eigenvalue weighted by Gasteiger charge is -2.61. The summed E-state index contributed by atoms with van der Waals surface area (Å²) in [7, 11) is 0. The number of thioether (sulfide) groups is 1. The van der Waals surface area contributed by atoms with E-state index in [9.17, 15) is 4.79 Å². The van der Waals surface area contributed by atoms with Crippen LogP contribution in [-0.2, 0) is 13.1 Å². The molecule has 0 unspecified atom stereocenters. The molecular formula is C21H22O2S2. The van der Waals surface area contributed by atoms with Gasteiger partial charge < -0.3 is 0 Å². The molecule has 1 aliphatic heterocycles. The summed E-state index contributed by atoms with van der Waals surface area (Å²) < 4.78 is 6.08. The molecule has 1 saturated heterocycles. The van der Waals surface area contributed by atoms with Gasteiger partial charge in [-0.3, -0.25) is 8.98 Å². The van der Waals surface area contributed by atoms with E-state index in [2.05, 4.69) is 48.5 Å². The predicted octanol–water partition coefficient (Wildman–Crippen LogP) is 5.63. The average molecular weight is 371 g/mol. The van der Waals surface area contributed by atoms with E-state index >= 15 is 0 Å². The molecule has 25 heavy (non-hydrogen) atoms. The van der Waals surface area contributed by atoms with Crippen LogP contribution in [-0.4, -0.2) is 10.7 Å². The molecule has 2 aromatic carbocycles. The first-order valence-electron chi connectivity index (χ1n) is 8.51. The van der Waals surface area contributed by atoms with Crippen molar-refractivity contribution in [3.8, 4) is 0 Å². The molecule has 0 bridgehead atoms. The van der Waals surface area contributed by atoms with Crippen molar-refractivity contribution in [2.75, 3.05) is 0 Å². The van der Waals surface area contributed by atoms with Gasteiger partial charge in [0.1, 0.15) is 4.08 Å². The molecule has 2 fully saturated rings. The summed E-state index contributed by atoms with van der Waals surface area (Å²) in [5.41, 5.74) is 1.36. The smallest absolute Gasteiger partial charge is 0.154 e. The lowest BCUT2D eigenvalue weighted by molar-refractivity contribution is -0.181. The molecule has 0 amide bonds. The first-order chi connectivity index (χ1) is 11.8. The Balaban J connectivity index is 1.88. The van der Waals surface area contributed by atoms with Gasteiger partial charge in [-0.25, -0.2) is 0 Å². The normalized spacial score (nSPS) is 24.9. The zero-order valence-corrected chi connectivity index (χ0v) is 16.5. The highest BCUT2D eigenvalue weighted by molar-refractivity contribution is 8.19. The second kappa shape index (κ2) is 5.38. The molecule has 1 spiro atoms. The van der Waals surface area contributed by atoms with Gasteiger partial charge in [0.05, 0.1) is 10.8 Å². The maximum absolute atomic E-state index is 12.7. The number of hydrogen-bond donors (Lipinski definition) is 0. The van der Waals surface area contributed by atoms with Gasteiger partial charge in [0.2, 0.25) is 0 Å². The number of carbonyl (C=O) groups is 1. The van der Waals surface area contributed by atoms with Crippen molar-refractivity contribution in [3.63, 3.8) is 0 Å². The highest BCUT2D eigenvalue weighted by Crippen LogP contribution is 2.77. The Morgan fingerprint density at radius 2 is 1.20 bits per heavy atom. The van der Waals surface area contributed by atoms with Crippen molar-refractivity contribution in [1.82, 2.24) is 0 Å². The summed E-state index contributed by atoms with van der Waals surface area (Å²) in [4.78, 5) is 12.2. The van der Waals surface area contributed by atoms with E-state index in [-0.39, 0.29) is 9.86 Å². The molecule has 4 rings (SSSR count). The van der Waals surface area contributed by atoms with Gasteiger partial charge in [-0.1, -0.05) is 72.4 Å². The molecular weight excluding hydrogens is 348 g/mol. The summed E-state index contributed by atoms with van der Waals surface area (Å²) in [5.74, 6) is 0.269. The summed E-state index contributed by atoms with van der Waals surface area (Å²) in [6, 6.07) is 20.9. The zero-order valence-electron chi connectivity index (χ0n) is 14.9. The average Bonchev–Trinajstić information content (AvgIpc) is 3.07. The van der Waals surface area contributed by atoms with E-state index in [1.165, 1.54) is 23.2 Å². The SMILES string of the molecule is CC1(C)C(=O)C(C)(C)C12OSC(c1ccccc1)(c1ccccc1)S2. The van der Waals surface area contributed by atoms with Crippen LogP contribution in [0.3, 0.4) is 0 Å². The van der Waals surface area contributed by atoms with Gasteiger partial charge in [0.15, 0.2) is 10.7 Å². The fourth-order valence-corrected chi connectivity index (χ4v) is 7.86. The van der Waals surface area contributed by atoms with E-state index in [1.54, 1.807) is 11.8 Å². The van der Waals surface area contributed by atoms with Crippen LogP contribution in [0.15, 0.2) is 60.7 Å². The number of carbonyl (C=O) groups excluding carboxylic acids is 1. The third-order valence-electron chi connectivity index (χ3n) is 5.65. The van der Waals surface area contributed by atoms with Crippen LogP contribution < -0.4 is 0 Å². The minimum Gasteiger partial charge on any atom is -0.298 e. The number of hydrogen-bond acceptors (Lipinski definition) is 4. The van der Waals surface area contributed by atoms with Crippen LogP contribution in [0.5, 0.6) is 0 Å². The Morgan fingerprint density at radius 3 is 1.64 bits per heavy atom. The fraction of sp³-hybridized carbons (Fsp3) is 0.381. The van der Waals surface area contributed by atoms with Gasteiger partial charge >= 0.3 is 0 Å². The predicted molar refractivity (Wildman–Crippen MR) is 105 cm³/mol. The molecule has 1 saturated carbocycles. The number of benzene rings is 2. The molecule has 2 aromatic rings. The Bertz CT molecular complexity index is 755. The molecule has 1 aliphatic carbocycles. The topological polar surface area (TPSA) is 26.3 Å². The van der Waals surface area contributed by atoms with Gasteiger partial charge in [-0.15, -0.1) is 0 Å². The van der Waals surface area contributed by atoms with E-state index in [4.69, 9.17) is 4.18 Å². The van der Waals surface area contributed by atoms with E-state index < -0.39 is 15.8 Å². The first kappa shape index (κ1) is 17.2. The number of Topliss-reactive ketones (excluding diaryl/α,β-unsaturated/α-hetero) is 1. The van der Waals surface area contributed by atoms with E-state index in [0.717, 1.165) is 0 Å². The third-order valence-corrected chi connectivity index (χ3v) is 9.40. The molecule has 2 nitrogen and oxygen atoms in total. The standard InChI is InChI=1S/C21H22O2S2/c1-18(2)17(22)19(3,4)21(18)23-25-20(24-21,15-11-7-5-8-12-15)16-13-9-6-10-14-16/h5-14H,1-4H3. The minimum absolute atomic E-state index is 0.269. The van der Waals surface area contributed by atoms with E-state index in [0.29, 0.717) is 0 Å². The fourth-order valence-electron chi connectivity index (χ4n) is 4.31. The largest absolute Gasteiger partial charge is 0.298 e. The molecule has 0 N–H and O–H groups in total. The van der Waals surface area contributed by atoms with Gasteiger partial charge in [0, 0.05) is 12.0 Å². The van der Waals surface area contributed by atoms with Crippen molar-refractivity contribution in [1.29, 1.82) is 0 Å². The summed E-state index contributed by atoms with van der Waals surface area (Å²) in [6.07, 6.45) is 0. The van der Waals surface area contributed by atoms with Gasteiger partial charge in [-0.05, 0) is 38.8 Å². The second-order valence-electron chi connectivity index (χ2n) is 7.81. The lowest BCUT2D eigenvalue weighted by Crippen LogP contribution is -2.72. The Kier molecular flexibility index (Phi) is 3.70. The maximum atomic E-state index is 12.7. The highest BCUT2D eigenvalue weighted by atomic mass is 32.2. The molecule has 1 heterocycles. The van der Waals surface area contributed by atoms with Crippen molar-refractivity contribution in [2.24, 2.45) is 10.8 Å². The molecule has 0 aromatic heterocycles. The molecule has 130 valence electrons. The molecule has 0 atom stereocenters. The summed E-state index contributed by atoms with van der Waals surface area (Å²) in [6.45, 7) is 8.06. The third kappa shape index (κ3) is 2.02. The molecule has 2 aliphatic rings. The van der Waals surface area contributed by atoms with Crippen LogP contribution >= 0.6 is 23.8 Å². The van der Waals surface area contributed by atoms with Crippen LogP contribution in [0, 0.1) is 10.8 Å². The minimum atomic E-state index is -0.548. The first-order valence-corrected chi connectivity index (χ1v) is 10.1. The quantitative estimate of drug-likeness (QED) is 0.640. The van der Waals surface area contributed by atoms with Crippen molar-refractivity contribution in [3.05, 3.63) is 71.8 Å². The van der Waals surface area contributed by atoms with Crippen molar-refractivity contribution < 1.29 is 8.98 Å². The number of ketones is 1. The van der Waals surface area contributed by atoms with E-state index in [1.807, 2.05) is 39.8 Å². The monoisotopic (exact) mass is 370 g/mol. The van der Waals surface area contributed by atoms with Crippen LogP contribution in [0.1, 0.15) is 38.8 Å². The van der Waals surface area contributed by atoms with Crippen molar-refractivity contribution in [2.45, 2.75) is 36.7 Å². The Labute approximate surface area is 157 Å². The lowest BCUT2D eigenvalue weighted by atomic mass is 9.52. The van der Waals surface area contributed by atoms with Crippen LogP contribution in [0.4, 0.5) is 0 Å². The van der Waals surface area contributed by atoms with Gasteiger partial charge in [0.25, 0.3) is 0 Å². The summed E-state index contributed by atoms with van der Waals surface area (Å²) in [5, 5.41) is 0. The summed E-state index contributed by atoms with van der Waals surface area (Å²) >= 11 is 3.29. The highest BCUT2D eigenvalue weighted by Gasteiger charge is 2.79. The second-order valence-corrected chi connectivity index (χ2v) is 10.4. The Hall–Kier alpha value is -1.23. The van der Waals surface area contributed by atoms with Gasteiger partial charge in [-0.2, -0.15) is 0 Å². The zero-order chi connectivity index (χ0) is 17.9. The van der Waals surface area contributed by atoms with Crippen molar-refractivity contribution >= 4 is 29.6 Å². The van der Waals surface area contributed by atoms with Crippen LogP contribution in [0.2, 0.25) is 0 Å².